The number of ketones is 2. The van der Waals surface area contributed by atoms with E-state index in [1.54, 1.807) is 18.2 Å². The summed E-state index contributed by atoms with van der Waals surface area (Å²) < 4.78 is 21.6. The third-order valence-corrected chi connectivity index (χ3v) is 4.84. The van der Waals surface area contributed by atoms with Gasteiger partial charge in [0.25, 0.3) is 0 Å². The molecular weight excluding hydrogens is 416 g/mol. The number of rotatable bonds is 8. The molecule has 1 aromatic heterocycles. The average molecular weight is 440 g/mol. The molecule has 0 spiro atoms. The molecule has 9 nitrogen and oxygen atoms in total. The van der Waals surface area contributed by atoms with Gasteiger partial charge in [-0.2, -0.15) is 9.97 Å². The zero-order valence-corrected chi connectivity index (χ0v) is 18.1. The van der Waals surface area contributed by atoms with Gasteiger partial charge in [-0.1, -0.05) is 6.08 Å². The molecular formula is C23H24N2O7. The van der Waals surface area contributed by atoms with Crippen molar-refractivity contribution < 1.29 is 33.6 Å². The molecule has 1 aliphatic carbocycles. The molecule has 1 aromatic carbocycles. The van der Waals surface area contributed by atoms with Crippen molar-refractivity contribution in [2.75, 3.05) is 21.3 Å². The fraction of sp³-hybridized carbons (Fsp3) is 0.304. The van der Waals surface area contributed by atoms with Gasteiger partial charge < -0.3 is 24.1 Å². The summed E-state index contributed by atoms with van der Waals surface area (Å²) in [5.74, 6) is -0.658. The van der Waals surface area contributed by atoms with Gasteiger partial charge in [-0.05, 0) is 30.5 Å². The number of methoxy groups -OCH3 is 3. The Hall–Kier alpha value is -3.88. The summed E-state index contributed by atoms with van der Waals surface area (Å²) in [6.45, 7) is 3.73. The Morgan fingerprint density at radius 2 is 1.66 bits per heavy atom. The minimum Gasteiger partial charge on any atom is -0.506 e. The van der Waals surface area contributed by atoms with Gasteiger partial charge in [-0.15, -0.1) is 6.58 Å². The summed E-state index contributed by atoms with van der Waals surface area (Å²) in [6, 6.07) is 4.63. The van der Waals surface area contributed by atoms with Gasteiger partial charge in [0.15, 0.2) is 23.1 Å². The number of aliphatic hydroxyl groups excluding tert-OH is 1. The molecule has 0 saturated heterocycles. The number of aromatic nitrogens is 2. The average Bonchev–Trinajstić information content (AvgIpc) is 2.79. The quantitative estimate of drug-likeness (QED) is 0.284. The predicted molar refractivity (Wildman–Crippen MR) is 116 cm³/mol. The van der Waals surface area contributed by atoms with Crippen molar-refractivity contribution in [3.8, 4) is 29.3 Å². The van der Waals surface area contributed by atoms with Crippen LogP contribution in [0.15, 0.2) is 36.4 Å². The number of hydrogen-bond acceptors (Lipinski definition) is 9. The van der Waals surface area contributed by atoms with Gasteiger partial charge in [0.05, 0.1) is 33.0 Å². The van der Waals surface area contributed by atoms with Crippen molar-refractivity contribution in [2.45, 2.75) is 25.7 Å². The smallest absolute Gasteiger partial charge is 0.328 e. The van der Waals surface area contributed by atoms with Gasteiger partial charge in [0.1, 0.15) is 11.3 Å². The van der Waals surface area contributed by atoms with Crippen LogP contribution in [0.5, 0.6) is 29.3 Å². The third-order valence-electron chi connectivity index (χ3n) is 4.84. The number of Topliss-reactive ketones (excluding diaryl/α,β-unsaturated/α-hetero) is 2. The van der Waals surface area contributed by atoms with Crippen molar-refractivity contribution in [1.29, 1.82) is 0 Å². The lowest BCUT2D eigenvalue weighted by Crippen LogP contribution is -2.20. The molecule has 0 amide bonds. The van der Waals surface area contributed by atoms with Crippen molar-refractivity contribution in [3.63, 3.8) is 0 Å². The second-order valence-corrected chi connectivity index (χ2v) is 6.93. The summed E-state index contributed by atoms with van der Waals surface area (Å²) in [6.07, 6.45) is 2.95. The highest BCUT2D eigenvalue weighted by molar-refractivity contribution is 6.25. The van der Waals surface area contributed by atoms with Crippen LogP contribution in [0.3, 0.4) is 0 Å². The first-order valence-corrected chi connectivity index (χ1v) is 9.88. The Morgan fingerprint density at radius 1 is 1.03 bits per heavy atom. The van der Waals surface area contributed by atoms with Gasteiger partial charge in [-0.3, -0.25) is 9.59 Å². The SMILES string of the molecule is C=CCc1cc(OC)c(Oc2nc(OC)cc(OC)n2)c(C(O)=C2C(=O)CCCC2=O)c1. The number of benzene rings is 1. The van der Waals surface area contributed by atoms with E-state index in [-0.39, 0.29) is 53.2 Å². The summed E-state index contributed by atoms with van der Waals surface area (Å²) >= 11 is 0. The van der Waals surface area contributed by atoms with Crippen LogP contribution in [-0.4, -0.2) is 48.0 Å². The Bertz CT molecular complexity index is 1050. The van der Waals surface area contributed by atoms with Gasteiger partial charge in [0.2, 0.25) is 11.8 Å². The monoisotopic (exact) mass is 440 g/mol. The van der Waals surface area contributed by atoms with Gasteiger partial charge in [0, 0.05) is 12.8 Å². The Kier molecular flexibility index (Phi) is 7.09. The van der Waals surface area contributed by atoms with E-state index in [1.165, 1.54) is 27.4 Å². The molecule has 0 aliphatic heterocycles. The van der Waals surface area contributed by atoms with Crippen LogP contribution < -0.4 is 18.9 Å². The van der Waals surface area contributed by atoms with E-state index in [2.05, 4.69) is 16.5 Å². The topological polar surface area (TPSA) is 117 Å². The number of carbonyl (C=O) groups is 2. The van der Waals surface area contributed by atoms with E-state index in [1.807, 2.05) is 0 Å². The van der Waals surface area contributed by atoms with Crippen molar-refractivity contribution >= 4 is 17.3 Å². The standard InChI is InChI=1S/C23H24N2O7/c1-5-7-13-10-14(21(28)20-15(26)8-6-9-16(20)27)22(17(11-13)29-2)32-23-24-18(30-3)12-19(25-23)31-4/h5,10-12,28H,1,6-9H2,2-4H3. The zero-order chi connectivity index (χ0) is 23.3. The molecule has 168 valence electrons. The maximum absolute atomic E-state index is 12.4. The number of carbonyl (C=O) groups excluding carboxylic acids is 2. The van der Waals surface area contributed by atoms with Crippen LogP contribution in [0.2, 0.25) is 0 Å². The Labute approximate surface area is 185 Å². The summed E-state index contributed by atoms with van der Waals surface area (Å²) in [7, 11) is 4.29. The highest BCUT2D eigenvalue weighted by Crippen LogP contribution is 2.41. The molecule has 9 heteroatoms. The van der Waals surface area contributed by atoms with E-state index in [0.717, 1.165) is 5.56 Å². The minimum atomic E-state index is -0.478. The molecule has 1 N–H and O–H groups in total. The van der Waals surface area contributed by atoms with Crippen LogP contribution in [0, 0.1) is 0 Å². The maximum Gasteiger partial charge on any atom is 0.328 e. The van der Waals surface area contributed by atoms with Crippen LogP contribution >= 0.6 is 0 Å². The third kappa shape index (κ3) is 4.72. The molecule has 2 aromatic rings. The molecule has 1 aliphatic rings. The Morgan fingerprint density at radius 3 is 2.19 bits per heavy atom. The first-order chi connectivity index (χ1) is 15.4. The fourth-order valence-corrected chi connectivity index (χ4v) is 3.32. The van der Waals surface area contributed by atoms with Gasteiger partial charge >= 0.3 is 6.01 Å². The highest BCUT2D eigenvalue weighted by atomic mass is 16.5. The molecule has 1 heterocycles. The molecule has 0 bridgehead atoms. The normalized spacial score (nSPS) is 13.5. The molecule has 1 saturated carbocycles. The number of allylic oxidation sites excluding steroid dienone is 2. The number of ether oxygens (including phenoxy) is 4. The molecule has 3 rings (SSSR count). The largest absolute Gasteiger partial charge is 0.506 e. The fourth-order valence-electron chi connectivity index (χ4n) is 3.32. The molecule has 0 atom stereocenters. The van der Waals surface area contributed by atoms with Crippen molar-refractivity contribution in [2.24, 2.45) is 0 Å². The van der Waals surface area contributed by atoms with E-state index in [4.69, 9.17) is 18.9 Å². The summed E-state index contributed by atoms with van der Waals surface area (Å²) in [5.41, 5.74) is 0.583. The van der Waals surface area contributed by atoms with Crippen LogP contribution in [0.1, 0.15) is 30.4 Å². The number of nitrogens with zero attached hydrogens (tertiary/aromatic N) is 2. The predicted octanol–water partition coefficient (Wildman–Crippen LogP) is 3.61. The number of aliphatic hydroxyl groups is 1. The second kappa shape index (κ2) is 9.95. The Balaban J connectivity index is 2.22. The summed E-state index contributed by atoms with van der Waals surface area (Å²) in [4.78, 5) is 33.1. The molecule has 1 fully saturated rings. The lowest BCUT2D eigenvalue weighted by atomic mass is 9.89. The number of hydrogen-bond donors (Lipinski definition) is 1. The van der Waals surface area contributed by atoms with Crippen molar-refractivity contribution in [1.82, 2.24) is 9.97 Å². The van der Waals surface area contributed by atoms with Crippen LogP contribution in [0.4, 0.5) is 0 Å². The molecule has 32 heavy (non-hydrogen) atoms. The van der Waals surface area contributed by atoms with E-state index in [9.17, 15) is 14.7 Å². The van der Waals surface area contributed by atoms with Crippen LogP contribution in [0.25, 0.3) is 5.76 Å². The summed E-state index contributed by atoms with van der Waals surface area (Å²) in [5, 5.41) is 11.0. The van der Waals surface area contributed by atoms with Crippen molar-refractivity contribution in [3.05, 3.63) is 47.6 Å². The highest BCUT2D eigenvalue weighted by Gasteiger charge is 2.30. The second-order valence-electron chi connectivity index (χ2n) is 6.93. The van der Waals surface area contributed by atoms with E-state index < -0.39 is 17.3 Å². The first kappa shape index (κ1) is 22.8. The van der Waals surface area contributed by atoms with E-state index in [0.29, 0.717) is 12.8 Å². The minimum absolute atomic E-state index is 0.0341. The van der Waals surface area contributed by atoms with Gasteiger partial charge in [-0.25, -0.2) is 0 Å². The van der Waals surface area contributed by atoms with E-state index >= 15 is 0 Å². The zero-order valence-electron chi connectivity index (χ0n) is 18.1. The van der Waals surface area contributed by atoms with Crippen LogP contribution in [-0.2, 0) is 16.0 Å². The lowest BCUT2D eigenvalue weighted by Gasteiger charge is -2.18. The maximum atomic E-state index is 12.4. The lowest BCUT2D eigenvalue weighted by molar-refractivity contribution is -0.123. The first-order valence-electron chi connectivity index (χ1n) is 9.88. The molecule has 0 unspecified atom stereocenters. The molecule has 0 radical (unpaired) electrons.